The summed E-state index contributed by atoms with van der Waals surface area (Å²) >= 11 is 23.5. The van der Waals surface area contributed by atoms with E-state index in [1.807, 2.05) is 0 Å². The zero-order valence-electron chi connectivity index (χ0n) is 16.3. The molecule has 0 fully saturated rings. The second-order valence-corrected chi connectivity index (χ2v) is 7.85. The number of hydrogen-bond acceptors (Lipinski definition) is 7. The maximum Gasteiger partial charge on any atom is 0.340 e. The molecule has 0 aliphatic heterocycles. The SMILES string of the molecule is CON=CC(F)C(OC(=O)c1ccc(Cl)cc1Cl)C(O)COC(=O)c1ccc(Cl)cc1Cl. The van der Waals surface area contributed by atoms with Crippen molar-refractivity contribution in [3.8, 4) is 0 Å². The minimum absolute atomic E-state index is 0.0212. The molecule has 2 aromatic rings. The Morgan fingerprint density at radius 2 is 1.56 bits per heavy atom. The Kier molecular flexibility index (Phi) is 9.99. The predicted molar refractivity (Wildman–Crippen MR) is 119 cm³/mol. The molecule has 1 N–H and O–H groups in total. The number of carbonyl (C=O) groups is 2. The maximum absolute atomic E-state index is 14.6. The third kappa shape index (κ3) is 7.21. The number of rotatable bonds is 9. The number of ether oxygens (including phenoxy) is 2. The number of oxime groups is 1. The van der Waals surface area contributed by atoms with Gasteiger partial charge in [0.15, 0.2) is 12.3 Å². The van der Waals surface area contributed by atoms with Crippen LogP contribution in [-0.4, -0.2) is 55.4 Å². The highest BCUT2D eigenvalue weighted by atomic mass is 35.5. The van der Waals surface area contributed by atoms with Crippen LogP contribution < -0.4 is 0 Å². The van der Waals surface area contributed by atoms with Gasteiger partial charge < -0.3 is 19.4 Å². The van der Waals surface area contributed by atoms with Crippen LogP contribution in [0.3, 0.4) is 0 Å². The van der Waals surface area contributed by atoms with Crippen LogP contribution in [0.1, 0.15) is 20.7 Å². The Morgan fingerprint density at radius 3 is 2.06 bits per heavy atom. The van der Waals surface area contributed by atoms with Gasteiger partial charge in [-0.2, -0.15) is 0 Å². The van der Waals surface area contributed by atoms with Gasteiger partial charge in [0, 0.05) is 10.0 Å². The van der Waals surface area contributed by atoms with Crippen molar-refractivity contribution in [1.82, 2.24) is 0 Å². The zero-order chi connectivity index (χ0) is 23.8. The minimum atomic E-state index is -2.11. The van der Waals surface area contributed by atoms with Crippen LogP contribution in [-0.2, 0) is 14.3 Å². The van der Waals surface area contributed by atoms with E-state index in [4.69, 9.17) is 55.9 Å². The van der Waals surface area contributed by atoms with Gasteiger partial charge in [-0.1, -0.05) is 51.6 Å². The average molecular weight is 527 g/mol. The van der Waals surface area contributed by atoms with Crippen molar-refractivity contribution in [2.75, 3.05) is 13.7 Å². The third-order valence-corrected chi connectivity index (χ3v) is 5.03. The molecular weight excluding hydrogens is 511 g/mol. The molecular formula is C20H16Cl4FNO6. The monoisotopic (exact) mass is 525 g/mol. The lowest BCUT2D eigenvalue weighted by molar-refractivity contribution is -0.0594. The normalized spacial score (nSPS) is 14.0. The number of aliphatic hydroxyl groups excluding tert-OH is 1. The summed E-state index contributed by atoms with van der Waals surface area (Å²) in [5, 5.41) is 14.2. The molecule has 32 heavy (non-hydrogen) atoms. The number of alkyl halides is 1. The van der Waals surface area contributed by atoms with E-state index in [2.05, 4.69) is 9.99 Å². The smallest absolute Gasteiger partial charge is 0.340 e. The Morgan fingerprint density at radius 1 is 1.03 bits per heavy atom. The number of esters is 2. The highest BCUT2D eigenvalue weighted by Crippen LogP contribution is 2.24. The topological polar surface area (TPSA) is 94.4 Å². The van der Waals surface area contributed by atoms with Gasteiger partial charge in [0.1, 0.15) is 19.8 Å². The second kappa shape index (κ2) is 12.2. The van der Waals surface area contributed by atoms with Crippen molar-refractivity contribution in [3.63, 3.8) is 0 Å². The molecule has 0 aliphatic carbocycles. The summed E-state index contributed by atoms with van der Waals surface area (Å²) in [6.45, 7) is -0.731. The van der Waals surface area contributed by atoms with Gasteiger partial charge in [-0.05, 0) is 36.4 Å². The molecule has 3 atom stereocenters. The van der Waals surface area contributed by atoms with Crippen LogP contribution in [0, 0.1) is 0 Å². The molecule has 0 saturated heterocycles. The summed E-state index contributed by atoms with van der Waals surface area (Å²) in [6, 6.07) is 8.02. The lowest BCUT2D eigenvalue weighted by atomic mass is 10.1. The fourth-order valence-corrected chi connectivity index (χ4v) is 3.36. The van der Waals surface area contributed by atoms with Gasteiger partial charge in [0.25, 0.3) is 0 Å². The molecule has 0 saturated carbocycles. The van der Waals surface area contributed by atoms with Gasteiger partial charge in [0.2, 0.25) is 0 Å². The standard InChI is InChI=1S/C20H16Cl4FNO6/c1-30-26-8-16(25)18(32-20(29)13-5-3-11(22)7-15(13)24)17(27)9-31-19(28)12-4-2-10(21)6-14(12)23/h2-8,16-18,27H,9H2,1H3. The zero-order valence-corrected chi connectivity index (χ0v) is 19.3. The highest BCUT2D eigenvalue weighted by Gasteiger charge is 2.33. The van der Waals surface area contributed by atoms with Crippen molar-refractivity contribution in [2.24, 2.45) is 5.16 Å². The van der Waals surface area contributed by atoms with Crippen molar-refractivity contribution in [2.45, 2.75) is 18.4 Å². The number of carbonyl (C=O) groups excluding carboxylic acids is 2. The maximum atomic E-state index is 14.6. The van der Waals surface area contributed by atoms with E-state index in [0.29, 0.717) is 11.2 Å². The van der Waals surface area contributed by atoms with E-state index < -0.39 is 36.9 Å². The quantitative estimate of drug-likeness (QED) is 0.280. The number of aliphatic hydroxyl groups is 1. The van der Waals surface area contributed by atoms with E-state index in [1.54, 1.807) is 0 Å². The van der Waals surface area contributed by atoms with Crippen molar-refractivity contribution < 1.29 is 33.4 Å². The third-order valence-electron chi connectivity index (χ3n) is 3.93. The lowest BCUT2D eigenvalue weighted by Crippen LogP contribution is -2.43. The summed E-state index contributed by atoms with van der Waals surface area (Å²) in [6.07, 6.45) is -5.04. The Labute approximate surface area is 202 Å². The number of hydrogen-bond donors (Lipinski definition) is 1. The molecule has 0 heterocycles. The summed E-state index contributed by atoms with van der Waals surface area (Å²) in [4.78, 5) is 29.1. The second-order valence-electron chi connectivity index (χ2n) is 6.17. The van der Waals surface area contributed by atoms with Crippen molar-refractivity contribution in [1.29, 1.82) is 0 Å². The fourth-order valence-electron chi connectivity index (χ4n) is 2.39. The van der Waals surface area contributed by atoms with E-state index >= 15 is 0 Å². The summed E-state index contributed by atoms with van der Waals surface area (Å²) in [5.74, 6) is -1.95. The molecule has 12 heteroatoms. The Hall–Kier alpha value is -2.10. The molecule has 172 valence electrons. The molecule has 7 nitrogen and oxygen atoms in total. The molecule has 0 spiro atoms. The van der Waals surface area contributed by atoms with E-state index in [-0.39, 0.29) is 26.2 Å². The van der Waals surface area contributed by atoms with Crippen LogP contribution in [0.15, 0.2) is 41.6 Å². The van der Waals surface area contributed by atoms with Crippen LogP contribution in [0.4, 0.5) is 4.39 Å². The molecule has 0 aromatic heterocycles. The summed E-state index contributed by atoms with van der Waals surface area (Å²) < 4.78 is 24.7. The molecule has 0 aliphatic rings. The highest BCUT2D eigenvalue weighted by molar-refractivity contribution is 6.37. The van der Waals surface area contributed by atoms with Crippen LogP contribution >= 0.6 is 46.4 Å². The van der Waals surface area contributed by atoms with Gasteiger partial charge in [-0.15, -0.1) is 0 Å². The van der Waals surface area contributed by atoms with E-state index in [1.165, 1.54) is 43.5 Å². The number of halogens is 5. The molecule has 0 amide bonds. The summed E-state index contributed by atoms with van der Waals surface area (Å²) in [5.41, 5.74) is -0.142. The average Bonchev–Trinajstić information content (AvgIpc) is 2.73. The first-order chi connectivity index (χ1) is 15.1. The lowest BCUT2D eigenvalue weighted by Gasteiger charge is -2.24. The van der Waals surface area contributed by atoms with E-state index in [0.717, 1.165) is 0 Å². The molecule has 2 rings (SSSR count). The number of nitrogens with zero attached hydrogens (tertiary/aromatic N) is 1. The van der Waals surface area contributed by atoms with Gasteiger partial charge in [-0.3, -0.25) is 0 Å². The Bertz CT molecular complexity index is 1010. The van der Waals surface area contributed by atoms with Crippen LogP contribution in [0.25, 0.3) is 0 Å². The van der Waals surface area contributed by atoms with Gasteiger partial charge in [0.05, 0.1) is 27.4 Å². The van der Waals surface area contributed by atoms with Crippen LogP contribution in [0.5, 0.6) is 0 Å². The molecule has 0 bridgehead atoms. The van der Waals surface area contributed by atoms with Crippen molar-refractivity contribution >= 4 is 64.6 Å². The first-order valence-corrected chi connectivity index (χ1v) is 10.3. The largest absolute Gasteiger partial charge is 0.459 e. The van der Waals surface area contributed by atoms with Crippen LogP contribution in [0.2, 0.25) is 20.1 Å². The first-order valence-electron chi connectivity index (χ1n) is 8.81. The number of benzene rings is 2. The van der Waals surface area contributed by atoms with E-state index in [9.17, 15) is 19.1 Å². The first kappa shape index (κ1) is 26.2. The molecule has 3 unspecified atom stereocenters. The fraction of sp³-hybridized carbons (Fsp3) is 0.250. The molecule has 0 radical (unpaired) electrons. The predicted octanol–water partition coefficient (Wildman–Crippen LogP) is 5.01. The Balaban J connectivity index is 2.15. The molecule has 2 aromatic carbocycles. The minimum Gasteiger partial charge on any atom is -0.459 e. The summed E-state index contributed by atoms with van der Waals surface area (Å²) in [7, 11) is 1.17. The van der Waals surface area contributed by atoms with Crippen molar-refractivity contribution in [3.05, 3.63) is 67.6 Å². The van der Waals surface area contributed by atoms with Gasteiger partial charge in [-0.25, -0.2) is 14.0 Å². The van der Waals surface area contributed by atoms with Gasteiger partial charge >= 0.3 is 11.9 Å².